The van der Waals surface area contributed by atoms with Crippen molar-refractivity contribution in [1.29, 1.82) is 0 Å². The predicted octanol–water partition coefficient (Wildman–Crippen LogP) is 1.57. The van der Waals surface area contributed by atoms with Crippen molar-refractivity contribution in [3.05, 3.63) is 59.7 Å². The summed E-state index contributed by atoms with van der Waals surface area (Å²) in [6.07, 6.45) is -1.29. The summed E-state index contributed by atoms with van der Waals surface area (Å²) in [5, 5.41) is 2.18. The first kappa shape index (κ1) is 20.4. The number of ether oxygens (including phenoxy) is 1. The van der Waals surface area contributed by atoms with Gasteiger partial charge in [-0.15, -0.1) is 0 Å². The van der Waals surface area contributed by atoms with Crippen LogP contribution in [0, 0.1) is 11.6 Å². The standard InChI is InChI=1S/C18H15F2N3O5S/c1-10(18(25)22-14-7-6-11(19)8-13(14)20)28-16(24)9-21-17-12-4-2-3-5-15(12)29(26,27)23-17/h2-8,10H,9H2,1H3,(H,21,23)(H,22,25). The molecule has 0 radical (unpaired) electrons. The maximum atomic E-state index is 13.6. The molecule has 1 aliphatic rings. The Balaban J connectivity index is 1.61. The minimum Gasteiger partial charge on any atom is -0.451 e. The zero-order valence-electron chi connectivity index (χ0n) is 15.0. The number of carbonyl (C=O) groups is 2. The number of benzene rings is 2. The Morgan fingerprint density at radius 2 is 1.93 bits per heavy atom. The van der Waals surface area contributed by atoms with Gasteiger partial charge in [-0.05, 0) is 31.2 Å². The van der Waals surface area contributed by atoms with Crippen LogP contribution in [-0.4, -0.2) is 38.8 Å². The molecule has 2 aromatic rings. The summed E-state index contributed by atoms with van der Waals surface area (Å²) in [7, 11) is -3.74. The molecule has 0 bridgehead atoms. The zero-order valence-corrected chi connectivity index (χ0v) is 15.8. The van der Waals surface area contributed by atoms with Crippen molar-refractivity contribution < 1.29 is 31.5 Å². The number of sulfonamides is 1. The van der Waals surface area contributed by atoms with Gasteiger partial charge in [0, 0.05) is 11.6 Å². The maximum Gasteiger partial charge on any atom is 0.328 e. The van der Waals surface area contributed by atoms with Crippen LogP contribution in [0.2, 0.25) is 0 Å². The number of fused-ring (bicyclic) bond motifs is 1. The molecule has 1 aliphatic heterocycles. The molecule has 0 fully saturated rings. The van der Waals surface area contributed by atoms with E-state index in [1.165, 1.54) is 19.1 Å². The number of rotatable bonds is 5. The molecule has 2 N–H and O–H groups in total. The lowest BCUT2D eigenvalue weighted by Crippen LogP contribution is -2.31. The summed E-state index contributed by atoms with van der Waals surface area (Å²) < 4.78 is 57.6. The highest BCUT2D eigenvalue weighted by atomic mass is 32.2. The molecule has 2 aromatic carbocycles. The smallest absolute Gasteiger partial charge is 0.328 e. The third-order valence-electron chi connectivity index (χ3n) is 3.90. The van der Waals surface area contributed by atoms with E-state index in [4.69, 9.17) is 4.74 Å². The van der Waals surface area contributed by atoms with Crippen LogP contribution >= 0.6 is 0 Å². The summed E-state index contributed by atoms with van der Waals surface area (Å²) in [4.78, 5) is 27.9. The molecule has 1 heterocycles. The molecule has 1 unspecified atom stereocenters. The van der Waals surface area contributed by atoms with Crippen molar-refractivity contribution in [2.45, 2.75) is 17.9 Å². The number of aliphatic imine (C=N–C) groups is 1. The Kier molecular flexibility index (Phi) is 5.59. The zero-order chi connectivity index (χ0) is 21.2. The van der Waals surface area contributed by atoms with E-state index < -0.39 is 46.2 Å². The van der Waals surface area contributed by atoms with Crippen molar-refractivity contribution in [3.63, 3.8) is 0 Å². The highest BCUT2D eigenvalue weighted by Crippen LogP contribution is 2.22. The molecule has 0 aliphatic carbocycles. The van der Waals surface area contributed by atoms with Crippen molar-refractivity contribution in [2.75, 3.05) is 11.9 Å². The molecule has 29 heavy (non-hydrogen) atoms. The second-order valence-corrected chi connectivity index (χ2v) is 7.66. The molecule has 152 valence electrons. The van der Waals surface area contributed by atoms with Gasteiger partial charge in [-0.1, -0.05) is 12.1 Å². The molecule has 0 aromatic heterocycles. The number of esters is 1. The van der Waals surface area contributed by atoms with Gasteiger partial charge in [0.15, 0.2) is 6.10 Å². The Bertz CT molecular complexity index is 1120. The Morgan fingerprint density at radius 3 is 2.66 bits per heavy atom. The number of amides is 1. The van der Waals surface area contributed by atoms with Crippen molar-refractivity contribution >= 4 is 33.4 Å². The summed E-state index contributed by atoms with van der Waals surface area (Å²) >= 11 is 0. The van der Waals surface area contributed by atoms with Crippen LogP contribution < -0.4 is 10.0 Å². The van der Waals surface area contributed by atoms with Crippen LogP contribution in [0.15, 0.2) is 52.4 Å². The first-order valence-corrected chi connectivity index (χ1v) is 9.78. The minimum atomic E-state index is -3.74. The van der Waals surface area contributed by atoms with Crippen molar-refractivity contribution in [2.24, 2.45) is 4.99 Å². The lowest BCUT2D eigenvalue weighted by Gasteiger charge is -2.13. The minimum absolute atomic E-state index is 0.0111. The molecule has 1 atom stereocenters. The van der Waals surface area contributed by atoms with E-state index in [0.29, 0.717) is 11.6 Å². The van der Waals surface area contributed by atoms with E-state index in [-0.39, 0.29) is 16.4 Å². The number of hydrogen-bond acceptors (Lipinski definition) is 6. The molecule has 3 rings (SSSR count). The van der Waals surface area contributed by atoms with E-state index in [1.54, 1.807) is 12.1 Å². The van der Waals surface area contributed by atoms with Crippen LogP contribution in [0.5, 0.6) is 0 Å². The Labute approximate surface area is 164 Å². The fraction of sp³-hybridized carbons (Fsp3) is 0.167. The molecule has 11 heteroatoms. The van der Waals surface area contributed by atoms with Gasteiger partial charge in [0.1, 0.15) is 24.0 Å². The molecule has 1 amide bonds. The second kappa shape index (κ2) is 7.95. The fourth-order valence-electron chi connectivity index (χ4n) is 2.51. The lowest BCUT2D eigenvalue weighted by molar-refractivity contribution is -0.151. The van der Waals surface area contributed by atoms with Crippen LogP contribution in [0.3, 0.4) is 0 Å². The Morgan fingerprint density at radius 1 is 1.21 bits per heavy atom. The number of nitrogens with zero attached hydrogens (tertiary/aromatic N) is 1. The highest BCUT2D eigenvalue weighted by Gasteiger charge is 2.30. The maximum absolute atomic E-state index is 13.6. The van der Waals surface area contributed by atoms with Crippen molar-refractivity contribution in [1.82, 2.24) is 4.72 Å². The normalized spacial score (nSPS) is 16.6. The number of hydrogen-bond donors (Lipinski definition) is 2. The van der Waals surface area contributed by atoms with Gasteiger partial charge in [0.05, 0.1) is 10.6 Å². The van der Waals surface area contributed by atoms with Crippen LogP contribution in [0.4, 0.5) is 14.5 Å². The molecule has 0 saturated carbocycles. The van der Waals surface area contributed by atoms with Crippen molar-refractivity contribution in [3.8, 4) is 0 Å². The molecule has 0 saturated heterocycles. The first-order chi connectivity index (χ1) is 13.7. The van der Waals surface area contributed by atoms with Crippen LogP contribution in [-0.2, 0) is 24.3 Å². The highest BCUT2D eigenvalue weighted by molar-refractivity contribution is 7.90. The topological polar surface area (TPSA) is 114 Å². The van der Waals surface area contributed by atoms with Gasteiger partial charge in [-0.2, -0.15) is 0 Å². The lowest BCUT2D eigenvalue weighted by atomic mass is 10.2. The van der Waals surface area contributed by atoms with Gasteiger partial charge in [0.25, 0.3) is 15.9 Å². The van der Waals surface area contributed by atoms with Crippen LogP contribution in [0.25, 0.3) is 0 Å². The van der Waals surface area contributed by atoms with Gasteiger partial charge >= 0.3 is 5.97 Å². The second-order valence-electron chi connectivity index (χ2n) is 6.01. The number of amidine groups is 1. The van der Waals surface area contributed by atoms with Gasteiger partial charge in [0.2, 0.25) is 0 Å². The predicted molar refractivity (Wildman–Crippen MR) is 98.7 cm³/mol. The van der Waals surface area contributed by atoms with E-state index in [2.05, 4.69) is 15.0 Å². The number of halogens is 2. The molecule has 8 nitrogen and oxygen atoms in total. The largest absolute Gasteiger partial charge is 0.451 e. The van der Waals surface area contributed by atoms with Gasteiger partial charge < -0.3 is 10.1 Å². The monoisotopic (exact) mass is 423 g/mol. The van der Waals surface area contributed by atoms with Gasteiger partial charge in [-0.3, -0.25) is 19.3 Å². The van der Waals surface area contributed by atoms with E-state index in [1.807, 2.05) is 0 Å². The average molecular weight is 423 g/mol. The third-order valence-corrected chi connectivity index (χ3v) is 5.29. The first-order valence-electron chi connectivity index (χ1n) is 8.29. The van der Waals surface area contributed by atoms with Crippen LogP contribution in [0.1, 0.15) is 12.5 Å². The SMILES string of the molecule is CC(OC(=O)CN=C1NS(=O)(=O)c2ccccc21)C(=O)Nc1ccc(F)cc1F. The number of nitrogens with one attached hydrogen (secondary N) is 2. The average Bonchev–Trinajstić information content (AvgIpc) is 2.93. The van der Waals surface area contributed by atoms with E-state index in [0.717, 1.165) is 12.1 Å². The van der Waals surface area contributed by atoms with E-state index in [9.17, 15) is 26.8 Å². The molecule has 0 spiro atoms. The summed E-state index contributed by atoms with van der Waals surface area (Å²) in [5.41, 5.74) is 0.0504. The number of carbonyl (C=O) groups excluding carboxylic acids is 2. The summed E-state index contributed by atoms with van der Waals surface area (Å²) in [6, 6.07) is 8.71. The van der Waals surface area contributed by atoms with Gasteiger partial charge in [-0.25, -0.2) is 17.2 Å². The quantitative estimate of drug-likeness (QED) is 0.709. The summed E-state index contributed by atoms with van der Waals surface area (Å²) in [5.74, 6) is -3.52. The summed E-state index contributed by atoms with van der Waals surface area (Å²) in [6.45, 7) is 0.712. The third kappa shape index (κ3) is 4.57. The Hall–Kier alpha value is -3.34. The molecular weight excluding hydrogens is 408 g/mol. The molecular formula is C18H15F2N3O5S. The number of anilines is 1. The van der Waals surface area contributed by atoms with E-state index >= 15 is 0 Å². The fourth-order valence-corrected chi connectivity index (χ4v) is 3.76.